The highest BCUT2D eigenvalue weighted by Crippen LogP contribution is 2.70. The molecule has 7 atom stereocenters. The molecule has 0 amide bonds. The van der Waals surface area contributed by atoms with Crippen molar-refractivity contribution in [3.8, 4) is 0 Å². The van der Waals surface area contributed by atoms with E-state index in [-0.39, 0.29) is 22.5 Å². The number of hydrogen-bond donors (Lipinski definition) is 2. The highest BCUT2D eigenvalue weighted by molar-refractivity contribution is 5.97. The van der Waals surface area contributed by atoms with Crippen LogP contribution in [0.4, 0.5) is 0 Å². The normalized spacial score (nSPS) is 45.8. The van der Waals surface area contributed by atoms with E-state index in [1.165, 1.54) is 22.2 Å². The number of aliphatic hydroxyl groups is 1. The van der Waals surface area contributed by atoms with Crippen molar-refractivity contribution in [3.05, 3.63) is 47.2 Å². The highest BCUT2D eigenvalue weighted by atomic mass is 16.8. The smallest absolute Gasteiger partial charge is 0.193 e. The van der Waals surface area contributed by atoms with Crippen LogP contribution in [0.1, 0.15) is 58.2 Å². The minimum Gasteiger partial charge on any atom is -0.392 e. The van der Waals surface area contributed by atoms with Crippen molar-refractivity contribution in [1.82, 2.24) is 4.98 Å². The number of ether oxygens (including phenoxy) is 2. The molecule has 168 valence electrons. The van der Waals surface area contributed by atoms with Crippen LogP contribution in [0.5, 0.6) is 0 Å². The molecule has 2 saturated carbocycles. The van der Waals surface area contributed by atoms with Crippen LogP contribution in [0.3, 0.4) is 0 Å². The molecule has 3 fully saturated rings. The molecule has 1 aromatic heterocycles. The zero-order valence-corrected chi connectivity index (χ0v) is 19.2. The summed E-state index contributed by atoms with van der Waals surface area (Å²) < 4.78 is 12.9. The van der Waals surface area contributed by atoms with Crippen molar-refractivity contribution < 1.29 is 19.4 Å². The monoisotopic (exact) mass is 433 g/mol. The van der Waals surface area contributed by atoms with Gasteiger partial charge < -0.3 is 19.6 Å². The fourth-order valence-electron chi connectivity index (χ4n) is 8.43. The lowest BCUT2D eigenvalue weighted by Crippen LogP contribution is -2.64. The Kier molecular flexibility index (Phi) is 3.40. The molecule has 2 N–H and O–H groups in total. The summed E-state index contributed by atoms with van der Waals surface area (Å²) in [5.74, 6) is -0.709. The van der Waals surface area contributed by atoms with Crippen molar-refractivity contribution in [2.75, 3.05) is 0 Å². The van der Waals surface area contributed by atoms with Crippen LogP contribution in [0, 0.1) is 17.3 Å². The molecule has 32 heavy (non-hydrogen) atoms. The first-order valence-corrected chi connectivity index (χ1v) is 12.0. The first-order chi connectivity index (χ1) is 15.1. The molecule has 0 radical (unpaired) electrons. The number of fused-ring (bicyclic) bond motifs is 9. The average Bonchev–Trinajstić information content (AvgIpc) is 3.31. The maximum absolute atomic E-state index is 13.1. The van der Waals surface area contributed by atoms with E-state index >= 15 is 0 Å². The molecule has 5 heteroatoms. The predicted octanol–water partition coefficient (Wildman–Crippen LogP) is 4.18. The summed E-state index contributed by atoms with van der Waals surface area (Å²) in [6.07, 6.45) is 4.00. The summed E-state index contributed by atoms with van der Waals surface area (Å²) in [5.41, 5.74) is 3.79. The Balaban J connectivity index is 1.42. The Bertz CT molecular complexity index is 1230. The molecule has 2 unspecified atom stereocenters. The molecule has 7 rings (SSSR count). The molecular weight excluding hydrogens is 402 g/mol. The fraction of sp³-hybridized carbons (Fsp3) is 0.593. The van der Waals surface area contributed by atoms with Gasteiger partial charge in [-0.15, -0.1) is 0 Å². The van der Waals surface area contributed by atoms with Gasteiger partial charge in [-0.05, 0) is 67.7 Å². The third kappa shape index (κ3) is 1.97. The molecular formula is C27H31NO4. The Labute approximate surface area is 188 Å². The van der Waals surface area contributed by atoms with Crippen LogP contribution in [0.25, 0.3) is 10.9 Å². The molecule has 5 aliphatic rings. The summed E-state index contributed by atoms with van der Waals surface area (Å²) in [4.78, 5) is 16.8. The van der Waals surface area contributed by atoms with Gasteiger partial charge in [0.25, 0.3) is 0 Å². The Morgan fingerprint density at radius 2 is 1.91 bits per heavy atom. The van der Waals surface area contributed by atoms with Gasteiger partial charge in [-0.3, -0.25) is 4.79 Å². The first-order valence-electron chi connectivity index (χ1n) is 12.0. The fourth-order valence-corrected chi connectivity index (χ4v) is 8.43. The zero-order valence-electron chi connectivity index (χ0n) is 19.2. The molecule has 5 nitrogen and oxygen atoms in total. The van der Waals surface area contributed by atoms with Gasteiger partial charge in [0.05, 0.1) is 6.10 Å². The molecule has 3 aliphatic carbocycles. The summed E-state index contributed by atoms with van der Waals surface area (Å²) >= 11 is 0. The van der Waals surface area contributed by atoms with E-state index in [1.807, 2.05) is 13.8 Å². The van der Waals surface area contributed by atoms with E-state index in [0.29, 0.717) is 12.3 Å². The molecule has 2 bridgehead atoms. The maximum Gasteiger partial charge on any atom is 0.193 e. The number of aromatic amines is 1. The number of benzene rings is 1. The second-order valence-corrected chi connectivity index (χ2v) is 11.8. The van der Waals surface area contributed by atoms with Gasteiger partial charge in [0.2, 0.25) is 0 Å². The predicted molar refractivity (Wildman–Crippen MR) is 120 cm³/mol. The Morgan fingerprint density at radius 3 is 2.72 bits per heavy atom. The lowest BCUT2D eigenvalue weighted by atomic mass is 9.43. The number of carbonyl (C=O) groups is 1. The van der Waals surface area contributed by atoms with Crippen molar-refractivity contribution in [3.63, 3.8) is 0 Å². The number of rotatable bonds is 0. The lowest BCUT2D eigenvalue weighted by molar-refractivity contribution is -0.218. The van der Waals surface area contributed by atoms with Crippen molar-refractivity contribution in [2.45, 2.75) is 82.4 Å². The Hall–Kier alpha value is -1.95. The van der Waals surface area contributed by atoms with Gasteiger partial charge in [0, 0.05) is 34.4 Å². The van der Waals surface area contributed by atoms with Crippen LogP contribution in [0.2, 0.25) is 0 Å². The van der Waals surface area contributed by atoms with E-state index in [4.69, 9.17) is 9.47 Å². The van der Waals surface area contributed by atoms with Gasteiger partial charge in [0.15, 0.2) is 17.7 Å². The molecule has 1 saturated heterocycles. The Morgan fingerprint density at radius 1 is 1.12 bits per heavy atom. The maximum atomic E-state index is 13.1. The van der Waals surface area contributed by atoms with Gasteiger partial charge in [-0.25, -0.2) is 0 Å². The second-order valence-electron chi connectivity index (χ2n) is 11.8. The molecule has 2 aromatic rings. The third-order valence-electron chi connectivity index (χ3n) is 10.1. The minimum atomic E-state index is -0.877. The average molecular weight is 434 g/mol. The summed E-state index contributed by atoms with van der Waals surface area (Å²) in [5, 5.41) is 12.9. The largest absolute Gasteiger partial charge is 0.392 e. The highest BCUT2D eigenvalue weighted by Gasteiger charge is 2.71. The SMILES string of the molecule is CC1(C)O[C@@]23CC[C@@]4(C)C(C2=CC(=O)[C@@H]1O3)C(O)C[C@H]1Cc2c([nH]c3ccccc23)[C@@]14C. The van der Waals surface area contributed by atoms with E-state index in [9.17, 15) is 9.90 Å². The molecule has 2 aliphatic heterocycles. The van der Waals surface area contributed by atoms with Gasteiger partial charge >= 0.3 is 0 Å². The van der Waals surface area contributed by atoms with Crippen LogP contribution in [0.15, 0.2) is 35.9 Å². The van der Waals surface area contributed by atoms with Gasteiger partial charge in [0.1, 0.15) is 5.60 Å². The summed E-state index contributed by atoms with van der Waals surface area (Å²) in [6.45, 7) is 8.61. The van der Waals surface area contributed by atoms with Gasteiger partial charge in [-0.2, -0.15) is 0 Å². The second kappa shape index (κ2) is 5.57. The number of aromatic nitrogens is 1. The number of ketones is 1. The van der Waals surface area contributed by atoms with E-state index in [0.717, 1.165) is 24.8 Å². The van der Waals surface area contributed by atoms with Gasteiger partial charge in [-0.1, -0.05) is 32.0 Å². The minimum absolute atomic E-state index is 0.0282. The number of nitrogens with one attached hydrogen (secondary N) is 1. The third-order valence-corrected chi connectivity index (χ3v) is 10.1. The number of para-hydroxylation sites is 1. The number of aliphatic hydroxyl groups excluding tert-OH is 1. The van der Waals surface area contributed by atoms with Crippen molar-refractivity contribution in [2.24, 2.45) is 17.3 Å². The summed E-state index contributed by atoms with van der Waals surface area (Å²) in [6, 6.07) is 8.56. The quantitative estimate of drug-likeness (QED) is 0.654. The molecule has 1 aromatic carbocycles. The van der Waals surface area contributed by atoms with E-state index < -0.39 is 23.6 Å². The van der Waals surface area contributed by atoms with E-state index in [2.05, 4.69) is 43.1 Å². The van der Waals surface area contributed by atoms with Crippen LogP contribution in [-0.4, -0.2) is 39.5 Å². The molecule has 1 spiro atoms. The topological polar surface area (TPSA) is 71.6 Å². The number of H-pyrrole nitrogens is 1. The standard InChI is InChI=1S/C27H31NO4/c1-24(2)23-20(30)13-17-21-19(29)12-14-11-16-15-7-5-6-8-18(15)28-22(16)26(14,4)25(21,3)9-10-27(17,31-23)32-24/h5-8,13-14,19,21,23,28-29H,9-12H2,1-4H3/t14-,19?,21?,23+,25+,26-,27+/m1/s1. The number of carbonyl (C=O) groups excluding carboxylic acids is 1. The number of hydrogen-bond acceptors (Lipinski definition) is 4. The first kappa shape index (κ1) is 19.5. The molecule has 3 heterocycles. The lowest BCUT2D eigenvalue weighted by Gasteiger charge is -2.63. The van der Waals surface area contributed by atoms with Crippen LogP contribution < -0.4 is 0 Å². The van der Waals surface area contributed by atoms with Crippen LogP contribution >= 0.6 is 0 Å². The summed E-state index contributed by atoms with van der Waals surface area (Å²) in [7, 11) is 0. The van der Waals surface area contributed by atoms with Crippen molar-refractivity contribution >= 4 is 16.7 Å². The van der Waals surface area contributed by atoms with E-state index in [1.54, 1.807) is 6.08 Å². The zero-order chi connectivity index (χ0) is 22.3. The van der Waals surface area contributed by atoms with Crippen LogP contribution in [-0.2, 0) is 26.1 Å². The van der Waals surface area contributed by atoms with Crippen molar-refractivity contribution in [1.29, 1.82) is 0 Å².